The lowest BCUT2D eigenvalue weighted by Crippen LogP contribution is -2.60. The van der Waals surface area contributed by atoms with E-state index in [2.05, 4.69) is 25.7 Å². The summed E-state index contributed by atoms with van der Waals surface area (Å²) in [7, 11) is 0. The van der Waals surface area contributed by atoms with E-state index in [-0.39, 0.29) is 11.5 Å². The molecule has 3 aliphatic heterocycles. The van der Waals surface area contributed by atoms with Gasteiger partial charge < -0.3 is 0 Å². The molecule has 2 nitrogen and oxygen atoms in total. The Hall–Kier alpha value is -0.370. The molecule has 2 bridgehead atoms. The second-order valence-corrected chi connectivity index (χ2v) is 5.48. The van der Waals surface area contributed by atoms with Crippen LogP contribution in [0, 0.1) is 11.3 Å². The third kappa shape index (κ3) is 1.41. The zero-order chi connectivity index (χ0) is 9.64. The van der Waals surface area contributed by atoms with E-state index in [9.17, 15) is 4.79 Å². The summed E-state index contributed by atoms with van der Waals surface area (Å²) in [6.07, 6.45) is 2.21. The molecule has 0 aliphatic carbocycles. The van der Waals surface area contributed by atoms with E-state index in [0.717, 1.165) is 25.9 Å². The SMILES string of the molecule is CC(C)(C)C1C(=O)C2CCN1CC2. The molecule has 0 aromatic heterocycles. The van der Waals surface area contributed by atoms with Gasteiger partial charge >= 0.3 is 0 Å². The third-order valence-corrected chi connectivity index (χ3v) is 3.39. The number of fused-ring (bicyclic) bond motifs is 3. The van der Waals surface area contributed by atoms with Gasteiger partial charge in [-0.15, -0.1) is 0 Å². The highest BCUT2D eigenvalue weighted by atomic mass is 16.1. The average Bonchev–Trinajstić information content (AvgIpc) is 2.03. The quantitative estimate of drug-likeness (QED) is 0.567. The zero-order valence-electron chi connectivity index (χ0n) is 8.84. The Bertz CT molecular complexity index is 221. The highest BCUT2D eigenvalue weighted by molar-refractivity contribution is 5.88. The van der Waals surface area contributed by atoms with Crippen molar-refractivity contribution in [2.45, 2.75) is 39.7 Å². The van der Waals surface area contributed by atoms with Gasteiger partial charge in [0.25, 0.3) is 0 Å². The molecule has 3 aliphatic rings. The molecule has 0 aromatic rings. The molecule has 1 atom stereocenters. The minimum absolute atomic E-state index is 0.121. The van der Waals surface area contributed by atoms with Gasteiger partial charge in [0.15, 0.2) is 5.78 Å². The van der Waals surface area contributed by atoms with Crippen LogP contribution < -0.4 is 0 Å². The Balaban J connectivity index is 2.24. The summed E-state index contributed by atoms with van der Waals surface area (Å²) in [6.45, 7) is 8.81. The molecule has 0 amide bonds. The molecule has 3 rings (SSSR count). The van der Waals surface area contributed by atoms with E-state index in [4.69, 9.17) is 0 Å². The molecule has 13 heavy (non-hydrogen) atoms. The maximum absolute atomic E-state index is 12.0. The van der Waals surface area contributed by atoms with Gasteiger partial charge in [-0.05, 0) is 31.3 Å². The normalized spacial score (nSPS) is 39.6. The number of carbonyl (C=O) groups excluding carboxylic acids is 1. The largest absolute Gasteiger partial charge is 0.298 e. The van der Waals surface area contributed by atoms with Gasteiger partial charge in [-0.2, -0.15) is 0 Å². The second-order valence-electron chi connectivity index (χ2n) is 5.48. The van der Waals surface area contributed by atoms with Crippen LogP contribution in [0.5, 0.6) is 0 Å². The fourth-order valence-electron chi connectivity index (χ4n) is 2.82. The number of carbonyl (C=O) groups is 1. The van der Waals surface area contributed by atoms with E-state index in [1.54, 1.807) is 0 Å². The standard InChI is InChI=1S/C11H19NO/c1-11(2,3)10-9(13)8-4-6-12(10)7-5-8/h8,10H,4-7H2,1-3H3. The molecular formula is C11H19NO. The molecule has 1 unspecified atom stereocenters. The molecule has 0 N–H and O–H groups in total. The molecule has 74 valence electrons. The van der Waals surface area contributed by atoms with E-state index >= 15 is 0 Å². The summed E-state index contributed by atoms with van der Waals surface area (Å²) in [5.74, 6) is 0.888. The van der Waals surface area contributed by atoms with Crippen molar-refractivity contribution >= 4 is 5.78 Å². The maximum atomic E-state index is 12.0. The summed E-state index contributed by atoms with van der Waals surface area (Å²) in [6, 6.07) is 0.194. The fourth-order valence-corrected chi connectivity index (χ4v) is 2.82. The highest BCUT2D eigenvalue weighted by Crippen LogP contribution is 2.37. The van der Waals surface area contributed by atoms with Gasteiger partial charge in [0.2, 0.25) is 0 Å². The van der Waals surface area contributed by atoms with Crippen molar-refractivity contribution in [3.63, 3.8) is 0 Å². The summed E-state index contributed by atoms with van der Waals surface area (Å²) in [5.41, 5.74) is 0.121. The Morgan fingerprint density at radius 3 is 2.08 bits per heavy atom. The lowest BCUT2D eigenvalue weighted by atomic mass is 9.72. The van der Waals surface area contributed by atoms with Gasteiger partial charge in [0.1, 0.15) is 0 Å². The first kappa shape index (κ1) is 9.20. The molecule has 3 fully saturated rings. The first-order chi connectivity index (χ1) is 6.00. The Kier molecular flexibility index (Phi) is 1.99. The molecule has 3 heterocycles. The Morgan fingerprint density at radius 1 is 1.23 bits per heavy atom. The number of Topliss-reactive ketones (excluding diaryl/α,β-unsaturated/α-hetero) is 1. The Morgan fingerprint density at radius 2 is 1.77 bits per heavy atom. The van der Waals surface area contributed by atoms with Crippen molar-refractivity contribution in [2.24, 2.45) is 11.3 Å². The maximum Gasteiger partial charge on any atom is 0.153 e. The van der Waals surface area contributed by atoms with Crippen LogP contribution in [0.25, 0.3) is 0 Å². The monoisotopic (exact) mass is 181 g/mol. The molecule has 3 saturated heterocycles. The number of piperidine rings is 3. The van der Waals surface area contributed by atoms with Gasteiger partial charge in [0.05, 0.1) is 6.04 Å². The lowest BCUT2D eigenvalue weighted by Gasteiger charge is -2.49. The molecular weight excluding hydrogens is 162 g/mol. The number of ketones is 1. The van der Waals surface area contributed by atoms with Crippen LogP contribution in [0.15, 0.2) is 0 Å². The molecule has 0 aromatic carbocycles. The van der Waals surface area contributed by atoms with Gasteiger partial charge in [-0.1, -0.05) is 20.8 Å². The number of hydrogen-bond acceptors (Lipinski definition) is 2. The van der Waals surface area contributed by atoms with Crippen molar-refractivity contribution in [3.05, 3.63) is 0 Å². The van der Waals surface area contributed by atoms with Crippen LogP contribution in [-0.4, -0.2) is 29.8 Å². The number of hydrogen-bond donors (Lipinski definition) is 0. The summed E-state index contributed by atoms with van der Waals surface area (Å²) < 4.78 is 0. The third-order valence-electron chi connectivity index (χ3n) is 3.39. The second kappa shape index (κ2) is 2.81. The first-order valence-corrected chi connectivity index (χ1v) is 5.28. The smallest absolute Gasteiger partial charge is 0.153 e. The summed E-state index contributed by atoms with van der Waals surface area (Å²) in [5, 5.41) is 0. The van der Waals surface area contributed by atoms with Crippen LogP contribution in [-0.2, 0) is 4.79 Å². The van der Waals surface area contributed by atoms with Gasteiger partial charge in [-0.25, -0.2) is 0 Å². The van der Waals surface area contributed by atoms with E-state index in [1.165, 1.54) is 0 Å². The van der Waals surface area contributed by atoms with Crippen LogP contribution in [0.2, 0.25) is 0 Å². The van der Waals surface area contributed by atoms with E-state index < -0.39 is 0 Å². The minimum Gasteiger partial charge on any atom is -0.298 e. The fraction of sp³-hybridized carbons (Fsp3) is 0.909. The Labute approximate surface area is 80.3 Å². The van der Waals surface area contributed by atoms with Crippen LogP contribution >= 0.6 is 0 Å². The number of rotatable bonds is 0. The first-order valence-electron chi connectivity index (χ1n) is 5.28. The highest BCUT2D eigenvalue weighted by Gasteiger charge is 2.45. The average molecular weight is 181 g/mol. The summed E-state index contributed by atoms with van der Waals surface area (Å²) in [4.78, 5) is 14.4. The van der Waals surface area contributed by atoms with Crippen molar-refractivity contribution in [3.8, 4) is 0 Å². The van der Waals surface area contributed by atoms with Crippen LogP contribution in [0.4, 0.5) is 0 Å². The van der Waals surface area contributed by atoms with Crippen molar-refractivity contribution in [1.29, 1.82) is 0 Å². The predicted octanol–water partition coefficient (Wildman–Crippen LogP) is 1.70. The topological polar surface area (TPSA) is 20.3 Å². The van der Waals surface area contributed by atoms with E-state index in [0.29, 0.717) is 11.7 Å². The number of nitrogens with zero attached hydrogens (tertiary/aromatic N) is 1. The summed E-state index contributed by atoms with van der Waals surface area (Å²) >= 11 is 0. The lowest BCUT2D eigenvalue weighted by molar-refractivity contribution is -0.142. The molecule has 2 heteroatoms. The van der Waals surface area contributed by atoms with Crippen molar-refractivity contribution in [2.75, 3.05) is 13.1 Å². The molecule has 0 radical (unpaired) electrons. The molecule has 0 spiro atoms. The van der Waals surface area contributed by atoms with Crippen LogP contribution in [0.3, 0.4) is 0 Å². The van der Waals surface area contributed by atoms with Gasteiger partial charge in [0, 0.05) is 5.92 Å². The van der Waals surface area contributed by atoms with Crippen LogP contribution in [0.1, 0.15) is 33.6 Å². The predicted molar refractivity (Wildman–Crippen MR) is 52.5 cm³/mol. The molecule has 0 saturated carbocycles. The van der Waals surface area contributed by atoms with Crippen molar-refractivity contribution < 1.29 is 4.79 Å². The van der Waals surface area contributed by atoms with Gasteiger partial charge in [-0.3, -0.25) is 9.69 Å². The zero-order valence-corrected chi connectivity index (χ0v) is 8.84. The van der Waals surface area contributed by atoms with E-state index in [1.807, 2.05) is 0 Å². The van der Waals surface area contributed by atoms with Crippen molar-refractivity contribution in [1.82, 2.24) is 4.90 Å². The minimum atomic E-state index is 0.121.